The Hall–Kier alpha value is -1.22. The first-order valence-electron chi connectivity index (χ1n) is 10.2. The van der Waals surface area contributed by atoms with Gasteiger partial charge in [0.25, 0.3) is 0 Å². The van der Waals surface area contributed by atoms with Gasteiger partial charge in [0.05, 0.1) is 12.7 Å². The predicted molar refractivity (Wildman–Crippen MR) is 99.1 cm³/mol. The largest absolute Gasteiger partial charge is 0.504 e. The smallest absolute Gasteiger partial charge is 0.161 e. The molecule has 3 nitrogen and oxygen atoms in total. The summed E-state index contributed by atoms with van der Waals surface area (Å²) in [6, 6.07) is 4.08. The summed E-state index contributed by atoms with van der Waals surface area (Å²) in [4.78, 5) is 0. The average Bonchev–Trinajstić information content (AvgIpc) is 2.91. The van der Waals surface area contributed by atoms with Gasteiger partial charge in [-0.25, -0.2) is 0 Å². The monoisotopic (exact) mass is 344 g/mol. The topological polar surface area (TPSA) is 49.7 Å². The van der Waals surface area contributed by atoms with Crippen molar-refractivity contribution in [1.29, 1.82) is 0 Å². The van der Waals surface area contributed by atoms with Crippen molar-refractivity contribution in [1.82, 2.24) is 0 Å². The van der Waals surface area contributed by atoms with Crippen LogP contribution in [0.5, 0.6) is 11.5 Å². The van der Waals surface area contributed by atoms with Crippen molar-refractivity contribution in [3.05, 3.63) is 23.3 Å². The van der Waals surface area contributed by atoms with Crippen LogP contribution in [-0.2, 0) is 6.42 Å². The zero-order valence-electron chi connectivity index (χ0n) is 15.6. The first-order valence-corrected chi connectivity index (χ1v) is 10.2. The van der Waals surface area contributed by atoms with Crippen LogP contribution in [0.3, 0.4) is 0 Å². The van der Waals surface area contributed by atoms with Crippen LogP contribution in [0.2, 0.25) is 0 Å². The van der Waals surface area contributed by atoms with Crippen molar-refractivity contribution < 1.29 is 14.9 Å². The van der Waals surface area contributed by atoms with Gasteiger partial charge in [-0.15, -0.1) is 0 Å². The van der Waals surface area contributed by atoms with E-state index in [1.807, 2.05) is 6.07 Å². The molecule has 4 rings (SSSR count). The van der Waals surface area contributed by atoms with Crippen molar-refractivity contribution in [2.24, 2.45) is 17.3 Å². The normalized spacial score (nSPS) is 36.4. The fraction of sp³-hybridized carbons (Fsp3) is 0.727. The van der Waals surface area contributed by atoms with E-state index >= 15 is 0 Å². The third-order valence-electron chi connectivity index (χ3n) is 7.51. The quantitative estimate of drug-likeness (QED) is 0.772. The highest BCUT2D eigenvalue weighted by molar-refractivity contribution is 5.49. The molecule has 0 aromatic heterocycles. The number of aromatic hydroxyl groups is 1. The van der Waals surface area contributed by atoms with Crippen LogP contribution in [0.4, 0.5) is 0 Å². The van der Waals surface area contributed by atoms with Crippen molar-refractivity contribution in [3.63, 3.8) is 0 Å². The molecule has 0 bridgehead atoms. The van der Waals surface area contributed by atoms with Gasteiger partial charge >= 0.3 is 0 Å². The number of fused-ring (bicyclic) bond motifs is 5. The lowest BCUT2D eigenvalue weighted by molar-refractivity contribution is -0.0226. The Morgan fingerprint density at radius 1 is 1.20 bits per heavy atom. The molecule has 3 aliphatic carbocycles. The molecule has 5 atom stereocenters. The SMILES string of the molecule is CCCCOc1cc2c(cc1O)CC[C@@H]1[C@@H]2CC[C@]2(C)C(O)CC[C@@H]12. The molecule has 2 fully saturated rings. The molecule has 0 saturated heterocycles. The molecular weight excluding hydrogens is 312 g/mol. The number of aryl methyl sites for hydroxylation is 1. The Morgan fingerprint density at radius 2 is 2.04 bits per heavy atom. The zero-order valence-corrected chi connectivity index (χ0v) is 15.6. The second kappa shape index (κ2) is 6.50. The molecule has 0 radical (unpaired) electrons. The second-order valence-electron chi connectivity index (χ2n) is 8.77. The van der Waals surface area contributed by atoms with Gasteiger partial charge in [0.2, 0.25) is 0 Å². The van der Waals surface area contributed by atoms with Gasteiger partial charge in [0.15, 0.2) is 11.5 Å². The molecular formula is C22H32O3. The van der Waals surface area contributed by atoms with Crippen molar-refractivity contribution in [2.45, 2.75) is 77.2 Å². The second-order valence-corrected chi connectivity index (χ2v) is 8.77. The average molecular weight is 344 g/mol. The summed E-state index contributed by atoms with van der Waals surface area (Å²) in [5, 5.41) is 20.8. The number of rotatable bonds is 4. The maximum Gasteiger partial charge on any atom is 0.161 e. The number of aliphatic hydroxyl groups excluding tert-OH is 1. The highest BCUT2D eigenvalue weighted by Crippen LogP contribution is 2.61. The predicted octanol–water partition coefficient (Wildman–Crippen LogP) is 4.79. The Kier molecular flexibility index (Phi) is 4.47. The van der Waals surface area contributed by atoms with Gasteiger partial charge < -0.3 is 14.9 Å². The summed E-state index contributed by atoms with van der Waals surface area (Å²) >= 11 is 0. The van der Waals surface area contributed by atoms with E-state index in [-0.39, 0.29) is 11.5 Å². The molecule has 25 heavy (non-hydrogen) atoms. The minimum absolute atomic E-state index is 0.118. The Balaban J connectivity index is 1.62. The molecule has 138 valence electrons. The van der Waals surface area contributed by atoms with Crippen molar-refractivity contribution in [3.8, 4) is 11.5 Å². The van der Waals surface area contributed by atoms with E-state index in [9.17, 15) is 10.2 Å². The Bertz CT molecular complexity index is 640. The molecule has 3 heteroatoms. The van der Waals surface area contributed by atoms with Crippen LogP contribution >= 0.6 is 0 Å². The number of hydrogen-bond acceptors (Lipinski definition) is 3. The van der Waals surface area contributed by atoms with E-state index in [0.717, 1.165) is 38.5 Å². The fourth-order valence-electron chi connectivity index (χ4n) is 6.00. The van der Waals surface area contributed by atoms with Crippen LogP contribution < -0.4 is 4.74 Å². The maximum absolute atomic E-state index is 10.5. The summed E-state index contributed by atoms with van der Waals surface area (Å²) < 4.78 is 5.86. The molecule has 0 heterocycles. The maximum atomic E-state index is 10.5. The molecule has 2 saturated carbocycles. The van der Waals surface area contributed by atoms with Gasteiger partial charge in [0.1, 0.15) is 0 Å². The van der Waals surface area contributed by atoms with E-state index in [4.69, 9.17) is 4.74 Å². The summed E-state index contributed by atoms with van der Waals surface area (Å²) in [5.74, 6) is 2.85. The first kappa shape index (κ1) is 17.2. The Labute approximate surface area is 151 Å². The highest BCUT2D eigenvalue weighted by atomic mass is 16.5. The third-order valence-corrected chi connectivity index (χ3v) is 7.51. The number of unbranched alkanes of at least 4 members (excludes halogenated alkanes) is 1. The van der Waals surface area contributed by atoms with Crippen LogP contribution in [0.15, 0.2) is 12.1 Å². The minimum atomic E-state index is -0.118. The summed E-state index contributed by atoms with van der Waals surface area (Å²) in [5.41, 5.74) is 2.84. The molecule has 2 N–H and O–H groups in total. The van der Waals surface area contributed by atoms with Gasteiger partial charge in [-0.05, 0) is 91.4 Å². The van der Waals surface area contributed by atoms with Crippen molar-refractivity contribution in [2.75, 3.05) is 6.61 Å². The van der Waals surface area contributed by atoms with Crippen LogP contribution in [0.1, 0.15) is 75.8 Å². The van der Waals surface area contributed by atoms with Gasteiger partial charge in [-0.3, -0.25) is 0 Å². The van der Waals surface area contributed by atoms with Crippen LogP contribution in [0.25, 0.3) is 0 Å². The number of ether oxygens (including phenoxy) is 1. The zero-order chi connectivity index (χ0) is 17.6. The van der Waals surface area contributed by atoms with Crippen LogP contribution in [0, 0.1) is 17.3 Å². The fourth-order valence-corrected chi connectivity index (χ4v) is 6.00. The molecule has 1 unspecified atom stereocenters. The Morgan fingerprint density at radius 3 is 2.84 bits per heavy atom. The molecule has 3 aliphatic rings. The van der Waals surface area contributed by atoms with E-state index in [1.165, 1.54) is 24.0 Å². The summed E-state index contributed by atoms with van der Waals surface area (Å²) in [6.45, 7) is 5.14. The van der Waals surface area contributed by atoms with E-state index in [1.54, 1.807) is 0 Å². The number of aliphatic hydroxyl groups is 1. The van der Waals surface area contributed by atoms with Crippen LogP contribution in [-0.4, -0.2) is 22.9 Å². The van der Waals surface area contributed by atoms with Gasteiger partial charge in [0, 0.05) is 0 Å². The standard InChI is InChI=1S/C22H32O3/c1-3-4-11-25-20-13-17-14(12-19(20)23)5-6-16-15(17)9-10-22(2)18(16)7-8-21(22)24/h12-13,15-16,18,21,23-24H,3-11H2,1-2H3/t15-,16+,18-,21?,22-/m0/s1. The molecule has 0 spiro atoms. The summed E-state index contributed by atoms with van der Waals surface area (Å²) in [6.07, 6.45) is 8.65. The molecule has 1 aromatic carbocycles. The third kappa shape index (κ3) is 2.75. The minimum Gasteiger partial charge on any atom is -0.504 e. The molecule has 0 amide bonds. The van der Waals surface area contributed by atoms with E-state index in [0.29, 0.717) is 35.9 Å². The number of phenols is 1. The van der Waals surface area contributed by atoms with Gasteiger partial charge in [-0.2, -0.15) is 0 Å². The van der Waals surface area contributed by atoms with E-state index < -0.39 is 0 Å². The lowest BCUT2D eigenvalue weighted by atomic mass is 9.55. The highest BCUT2D eigenvalue weighted by Gasteiger charge is 2.54. The molecule has 1 aromatic rings. The lowest BCUT2D eigenvalue weighted by Gasteiger charge is -2.50. The van der Waals surface area contributed by atoms with Gasteiger partial charge in [-0.1, -0.05) is 20.3 Å². The number of benzene rings is 1. The summed E-state index contributed by atoms with van der Waals surface area (Å²) in [7, 11) is 0. The van der Waals surface area contributed by atoms with E-state index in [2.05, 4.69) is 19.9 Å². The first-order chi connectivity index (χ1) is 12.0. The number of phenolic OH excluding ortho intramolecular Hbond substituents is 1. The van der Waals surface area contributed by atoms with Crippen molar-refractivity contribution >= 4 is 0 Å². The number of hydrogen-bond donors (Lipinski definition) is 2. The molecule has 0 aliphatic heterocycles. The lowest BCUT2D eigenvalue weighted by Crippen LogP contribution is -2.43.